The summed E-state index contributed by atoms with van der Waals surface area (Å²) in [6.45, 7) is 1.55. The van der Waals surface area contributed by atoms with E-state index in [-0.39, 0.29) is 11.9 Å². The monoisotopic (exact) mass is 354 g/mol. The molecule has 0 bridgehead atoms. The van der Waals surface area contributed by atoms with E-state index in [1.165, 1.54) is 0 Å². The summed E-state index contributed by atoms with van der Waals surface area (Å²) in [6, 6.07) is 6.66. The first kappa shape index (κ1) is 15.5. The minimum absolute atomic E-state index is 0.0878. The molecule has 1 aromatic carbocycles. The number of halogens is 1. The summed E-state index contributed by atoms with van der Waals surface area (Å²) in [5, 5.41) is 0. The quantitative estimate of drug-likeness (QED) is 0.632. The van der Waals surface area contributed by atoms with Gasteiger partial charge in [0.25, 0.3) is 11.8 Å². The van der Waals surface area contributed by atoms with Gasteiger partial charge in [-0.3, -0.25) is 25.2 Å². The van der Waals surface area contributed by atoms with Gasteiger partial charge < -0.3 is 4.74 Å². The maximum Gasteiger partial charge on any atom is 0.309 e. The van der Waals surface area contributed by atoms with Gasteiger partial charge in [-0.1, -0.05) is 22.9 Å². The van der Waals surface area contributed by atoms with Gasteiger partial charge in [-0.25, -0.2) is 0 Å². The van der Waals surface area contributed by atoms with E-state index in [2.05, 4.69) is 26.8 Å². The summed E-state index contributed by atoms with van der Waals surface area (Å²) in [4.78, 5) is 34.6. The zero-order valence-electron chi connectivity index (χ0n) is 11.4. The summed E-state index contributed by atoms with van der Waals surface area (Å²) in [6.07, 6.45) is 0.806. The van der Waals surface area contributed by atoms with Crippen LogP contribution in [0.4, 0.5) is 0 Å². The van der Waals surface area contributed by atoms with Crippen molar-refractivity contribution in [1.82, 2.24) is 10.9 Å². The zero-order valence-corrected chi connectivity index (χ0v) is 13.0. The number of rotatable bonds is 4. The van der Waals surface area contributed by atoms with Crippen LogP contribution in [-0.2, 0) is 14.3 Å². The van der Waals surface area contributed by atoms with Crippen molar-refractivity contribution in [1.29, 1.82) is 0 Å². The van der Waals surface area contributed by atoms with Crippen molar-refractivity contribution in [3.8, 4) is 0 Å². The molecule has 0 aromatic heterocycles. The summed E-state index contributed by atoms with van der Waals surface area (Å²) in [5.41, 5.74) is 4.85. The summed E-state index contributed by atoms with van der Waals surface area (Å²) >= 11 is 3.26. The van der Waals surface area contributed by atoms with E-state index in [1.807, 2.05) is 6.92 Å². The van der Waals surface area contributed by atoms with Crippen molar-refractivity contribution in [3.63, 3.8) is 0 Å². The Labute approximate surface area is 130 Å². The number of benzene rings is 1. The lowest BCUT2D eigenvalue weighted by atomic mass is 10.2. The lowest BCUT2D eigenvalue weighted by molar-refractivity contribution is -0.150. The van der Waals surface area contributed by atoms with Crippen molar-refractivity contribution in [2.45, 2.75) is 13.3 Å². The molecule has 6 nitrogen and oxygen atoms in total. The van der Waals surface area contributed by atoms with E-state index < -0.39 is 18.4 Å². The molecular weight excluding hydrogens is 340 g/mol. The Morgan fingerprint density at radius 3 is 2.43 bits per heavy atom. The van der Waals surface area contributed by atoms with Crippen LogP contribution in [0.25, 0.3) is 0 Å². The third-order valence-electron chi connectivity index (χ3n) is 3.18. The van der Waals surface area contributed by atoms with Gasteiger partial charge in [-0.2, -0.15) is 0 Å². The Balaban J connectivity index is 1.69. The molecule has 2 unspecified atom stereocenters. The van der Waals surface area contributed by atoms with Gasteiger partial charge in [-0.15, -0.1) is 0 Å². The predicted molar refractivity (Wildman–Crippen MR) is 78.0 cm³/mol. The second-order valence-corrected chi connectivity index (χ2v) is 5.85. The molecule has 0 aliphatic heterocycles. The first-order valence-electron chi connectivity index (χ1n) is 6.48. The Morgan fingerprint density at radius 2 is 1.86 bits per heavy atom. The molecule has 0 spiro atoms. The van der Waals surface area contributed by atoms with Gasteiger partial charge in [0, 0.05) is 10.0 Å². The molecule has 0 radical (unpaired) electrons. The van der Waals surface area contributed by atoms with Gasteiger partial charge in [0.15, 0.2) is 6.61 Å². The molecule has 1 aliphatic carbocycles. The lowest BCUT2D eigenvalue weighted by Crippen LogP contribution is -2.43. The number of amides is 2. The van der Waals surface area contributed by atoms with E-state index in [1.54, 1.807) is 24.3 Å². The van der Waals surface area contributed by atoms with Gasteiger partial charge in [0.05, 0.1) is 5.92 Å². The van der Waals surface area contributed by atoms with Crippen LogP contribution in [0.3, 0.4) is 0 Å². The third-order valence-corrected chi connectivity index (χ3v) is 3.71. The lowest BCUT2D eigenvalue weighted by Gasteiger charge is -2.08. The predicted octanol–water partition coefficient (Wildman–Crippen LogP) is 1.41. The van der Waals surface area contributed by atoms with Gasteiger partial charge in [0.1, 0.15) is 0 Å². The summed E-state index contributed by atoms with van der Waals surface area (Å²) in [7, 11) is 0. The number of carbonyl (C=O) groups is 3. The molecule has 2 atom stereocenters. The Kier molecular flexibility index (Phi) is 4.95. The smallest absolute Gasteiger partial charge is 0.309 e. The van der Waals surface area contributed by atoms with Gasteiger partial charge in [0.2, 0.25) is 0 Å². The van der Waals surface area contributed by atoms with Crippen molar-refractivity contribution in [2.24, 2.45) is 11.8 Å². The molecular formula is C14H15BrN2O4. The van der Waals surface area contributed by atoms with Crippen LogP contribution in [0.15, 0.2) is 28.7 Å². The van der Waals surface area contributed by atoms with Crippen LogP contribution >= 0.6 is 15.9 Å². The third kappa shape index (κ3) is 4.56. The fourth-order valence-electron chi connectivity index (χ4n) is 1.73. The van der Waals surface area contributed by atoms with Crippen LogP contribution in [0, 0.1) is 11.8 Å². The van der Waals surface area contributed by atoms with Crippen LogP contribution in [0.5, 0.6) is 0 Å². The molecule has 1 saturated carbocycles. The molecule has 1 aliphatic rings. The Hall–Kier alpha value is -1.89. The molecule has 0 heterocycles. The largest absolute Gasteiger partial charge is 0.455 e. The Morgan fingerprint density at radius 1 is 1.24 bits per heavy atom. The molecule has 1 fully saturated rings. The van der Waals surface area contributed by atoms with Crippen LogP contribution in [0.1, 0.15) is 23.7 Å². The highest BCUT2D eigenvalue weighted by Crippen LogP contribution is 2.38. The van der Waals surface area contributed by atoms with Gasteiger partial charge >= 0.3 is 5.97 Å². The fourth-order valence-corrected chi connectivity index (χ4v) is 1.99. The van der Waals surface area contributed by atoms with E-state index in [0.717, 1.165) is 10.9 Å². The minimum Gasteiger partial charge on any atom is -0.455 e. The molecule has 2 N–H and O–H groups in total. The van der Waals surface area contributed by atoms with Crippen LogP contribution in [-0.4, -0.2) is 24.4 Å². The standard InChI is InChI=1S/C14H15BrN2O4/c1-8-6-11(8)14(20)21-7-12(18)16-17-13(19)9-2-4-10(15)5-3-9/h2-5,8,11H,6-7H2,1H3,(H,16,18)(H,17,19). The van der Waals surface area contributed by atoms with Crippen molar-refractivity contribution in [3.05, 3.63) is 34.3 Å². The molecule has 21 heavy (non-hydrogen) atoms. The SMILES string of the molecule is CC1CC1C(=O)OCC(=O)NNC(=O)c1ccc(Br)cc1. The first-order valence-corrected chi connectivity index (χ1v) is 7.28. The molecule has 0 saturated heterocycles. The number of ether oxygens (including phenoxy) is 1. The fraction of sp³-hybridized carbons (Fsp3) is 0.357. The summed E-state index contributed by atoms with van der Waals surface area (Å²) < 4.78 is 5.69. The summed E-state index contributed by atoms with van der Waals surface area (Å²) in [5.74, 6) is -1.15. The molecule has 1 aromatic rings. The van der Waals surface area contributed by atoms with Crippen LogP contribution < -0.4 is 10.9 Å². The maximum atomic E-state index is 11.7. The van der Waals surface area contributed by atoms with E-state index >= 15 is 0 Å². The minimum atomic E-state index is -0.581. The first-order chi connectivity index (χ1) is 9.97. The number of nitrogens with one attached hydrogen (secondary N) is 2. The Bertz CT molecular complexity index is 559. The molecule has 7 heteroatoms. The highest BCUT2D eigenvalue weighted by molar-refractivity contribution is 9.10. The number of hydrogen-bond donors (Lipinski definition) is 2. The maximum absolute atomic E-state index is 11.7. The van der Waals surface area contributed by atoms with Crippen molar-refractivity contribution in [2.75, 3.05) is 6.61 Å². The highest BCUT2D eigenvalue weighted by atomic mass is 79.9. The van der Waals surface area contributed by atoms with E-state index in [4.69, 9.17) is 4.74 Å². The average molecular weight is 355 g/mol. The molecule has 2 rings (SSSR count). The zero-order chi connectivity index (χ0) is 15.4. The topological polar surface area (TPSA) is 84.5 Å². The molecule has 112 valence electrons. The van der Waals surface area contributed by atoms with Crippen molar-refractivity contribution < 1.29 is 19.1 Å². The second kappa shape index (κ2) is 6.71. The number of esters is 1. The second-order valence-electron chi connectivity index (χ2n) is 4.94. The highest BCUT2D eigenvalue weighted by Gasteiger charge is 2.40. The number of hydrogen-bond acceptors (Lipinski definition) is 4. The molecule has 2 amide bonds. The van der Waals surface area contributed by atoms with E-state index in [0.29, 0.717) is 11.5 Å². The normalized spacial score (nSPS) is 19.5. The van der Waals surface area contributed by atoms with E-state index in [9.17, 15) is 14.4 Å². The van der Waals surface area contributed by atoms with Crippen molar-refractivity contribution >= 4 is 33.7 Å². The van der Waals surface area contributed by atoms with Gasteiger partial charge in [-0.05, 0) is 36.6 Å². The number of carbonyl (C=O) groups excluding carboxylic acids is 3. The van der Waals surface area contributed by atoms with Crippen LogP contribution in [0.2, 0.25) is 0 Å². The average Bonchev–Trinajstić information content (AvgIpc) is 3.20. The number of hydrazine groups is 1.